The van der Waals surface area contributed by atoms with Crippen LogP contribution in [0.15, 0.2) is 18.5 Å². The Balaban J connectivity index is 1.40. The molecule has 1 unspecified atom stereocenters. The van der Waals surface area contributed by atoms with Crippen LogP contribution < -0.4 is 15.4 Å². The largest absolute Gasteiger partial charge is 0.495 e. The first-order valence-corrected chi connectivity index (χ1v) is 10.6. The molecule has 1 saturated heterocycles. The number of nitrogens with one attached hydrogen (secondary N) is 2. The Morgan fingerprint density at radius 1 is 1.27 bits per heavy atom. The van der Waals surface area contributed by atoms with Gasteiger partial charge in [0.2, 0.25) is 5.95 Å². The van der Waals surface area contributed by atoms with E-state index in [0.717, 1.165) is 62.6 Å². The number of hydrogen-bond acceptors (Lipinski definition) is 7. The van der Waals surface area contributed by atoms with Gasteiger partial charge in [-0.3, -0.25) is 0 Å². The van der Waals surface area contributed by atoms with E-state index in [0.29, 0.717) is 17.3 Å². The van der Waals surface area contributed by atoms with Gasteiger partial charge in [-0.25, -0.2) is 23.9 Å². The number of anilines is 1. The Bertz CT molecular complexity index is 1110. The molecule has 7 rings (SSSR count). The van der Waals surface area contributed by atoms with Crippen molar-refractivity contribution >= 4 is 11.6 Å². The lowest BCUT2D eigenvalue weighted by Crippen LogP contribution is -2.56. The van der Waals surface area contributed by atoms with Gasteiger partial charge >= 0.3 is 0 Å². The molecule has 3 aliphatic carbocycles. The molecule has 3 saturated carbocycles. The van der Waals surface area contributed by atoms with Crippen LogP contribution in [0, 0.1) is 11.7 Å². The third-order valence-electron chi connectivity index (χ3n) is 6.84. The molecule has 0 aromatic carbocycles. The normalized spacial score (nSPS) is 27.4. The average molecular weight is 409 g/mol. The van der Waals surface area contributed by atoms with E-state index in [1.54, 1.807) is 17.8 Å². The molecule has 4 fully saturated rings. The molecule has 4 aliphatic rings. The zero-order valence-electron chi connectivity index (χ0n) is 16.9. The highest BCUT2D eigenvalue weighted by Gasteiger charge is 2.59. The number of nitrogens with zero attached hydrogens (tertiary/aromatic N) is 5. The first kappa shape index (κ1) is 18.0. The molecule has 3 aromatic rings. The van der Waals surface area contributed by atoms with Gasteiger partial charge in [0, 0.05) is 24.1 Å². The first-order chi connectivity index (χ1) is 14.6. The predicted molar refractivity (Wildman–Crippen MR) is 109 cm³/mol. The van der Waals surface area contributed by atoms with E-state index in [1.165, 1.54) is 6.20 Å². The number of imidazole rings is 1. The van der Waals surface area contributed by atoms with Crippen LogP contribution in [-0.2, 0) is 5.41 Å². The average Bonchev–Trinajstić information content (AvgIpc) is 3.10. The van der Waals surface area contributed by atoms with Crippen LogP contribution in [-0.4, -0.2) is 50.8 Å². The molecular formula is C21H24FN7O. The summed E-state index contributed by atoms with van der Waals surface area (Å²) in [7, 11) is 1.66. The number of methoxy groups -OCH3 is 1. The van der Waals surface area contributed by atoms with Crippen molar-refractivity contribution in [2.75, 3.05) is 25.5 Å². The number of piperidine rings is 1. The summed E-state index contributed by atoms with van der Waals surface area (Å²) in [6.07, 6.45) is 8.41. The fourth-order valence-electron chi connectivity index (χ4n) is 5.13. The molecule has 1 aliphatic heterocycles. The quantitative estimate of drug-likeness (QED) is 0.669. The van der Waals surface area contributed by atoms with E-state index in [9.17, 15) is 4.39 Å². The molecular weight excluding hydrogens is 385 g/mol. The molecule has 3 aromatic heterocycles. The van der Waals surface area contributed by atoms with Gasteiger partial charge < -0.3 is 15.4 Å². The predicted octanol–water partition coefficient (Wildman–Crippen LogP) is 2.55. The number of halogens is 1. The fourth-order valence-corrected chi connectivity index (χ4v) is 5.13. The number of aromatic nitrogens is 5. The molecule has 2 bridgehead atoms. The van der Waals surface area contributed by atoms with Crippen molar-refractivity contribution in [3.05, 3.63) is 30.0 Å². The molecule has 156 valence electrons. The third-order valence-corrected chi connectivity index (χ3v) is 6.84. The summed E-state index contributed by atoms with van der Waals surface area (Å²) in [6.45, 7) is 1.87. The molecule has 1 atom stereocenters. The van der Waals surface area contributed by atoms with Crippen LogP contribution in [0.4, 0.5) is 10.3 Å². The SMILES string of the molecule is COc1cc2ncc(-c3nc(NC4CCCNC4)ncc3F)n2nc1C12CC(C1)C2. The second-order valence-electron chi connectivity index (χ2n) is 8.81. The summed E-state index contributed by atoms with van der Waals surface area (Å²) >= 11 is 0. The summed E-state index contributed by atoms with van der Waals surface area (Å²) in [5.41, 5.74) is 2.38. The van der Waals surface area contributed by atoms with Gasteiger partial charge in [0.25, 0.3) is 0 Å². The lowest BCUT2D eigenvalue weighted by molar-refractivity contribution is -0.0333. The molecule has 0 amide bonds. The molecule has 0 radical (unpaired) electrons. The minimum absolute atomic E-state index is 0.108. The second kappa shape index (κ2) is 6.60. The van der Waals surface area contributed by atoms with Crippen LogP contribution in [0.1, 0.15) is 37.8 Å². The van der Waals surface area contributed by atoms with Gasteiger partial charge in [-0.1, -0.05) is 0 Å². The third kappa shape index (κ3) is 2.68. The van der Waals surface area contributed by atoms with Gasteiger partial charge in [0.1, 0.15) is 22.8 Å². The number of fused-ring (bicyclic) bond motifs is 1. The highest BCUT2D eigenvalue weighted by Crippen LogP contribution is 2.66. The fraction of sp³-hybridized carbons (Fsp3) is 0.524. The van der Waals surface area contributed by atoms with E-state index in [2.05, 4.69) is 25.6 Å². The minimum Gasteiger partial charge on any atom is -0.495 e. The summed E-state index contributed by atoms with van der Waals surface area (Å²) < 4.78 is 22.0. The summed E-state index contributed by atoms with van der Waals surface area (Å²) in [5.74, 6) is 1.50. The maximum absolute atomic E-state index is 14.7. The smallest absolute Gasteiger partial charge is 0.223 e. The zero-order valence-corrected chi connectivity index (χ0v) is 16.9. The van der Waals surface area contributed by atoms with E-state index in [1.807, 2.05) is 6.07 Å². The van der Waals surface area contributed by atoms with Gasteiger partial charge in [0.05, 0.1) is 19.5 Å². The standard InChI is InChI=1S/C21H24FN7O/c1-30-16-5-17-24-11-15(29(17)28-19(16)21-6-12(7-21)8-21)18-14(22)10-25-20(27-18)26-13-3-2-4-23-9-13/h5,10-13,23H,2-4,6-9H2,1H3,(H,25,26,27). The van der Waals surface area contributed by atoms with Crippen molar-refractivity contribution in [1.82, 2.24) is 29.9 Å². The number of ether oxygens (including phenoxy) is 1. The highest BCUT2D eigenvalue weighted by molar-refractivity contribution is 5.62. The topological polar surface area (TPSA) is 89.3 Å². The molecule has 9 heteroatoms. The molecule has 0 spiro atoms. The van der Waals surface area contributed by atoms with Gasteiger partial charge in [-0.2, -0.15) is 5.10 Å². The maximum atomic E-state index is 14.7. The van der Waals surface area contributed by atoms with Crippen molar-refractivity contribution < 1.29 is 9.13 Å². The van der Waals surface area contributed by atoms with Crippen molar-refractivity contribution in [3.8, 4) is 17.1 Å². The van der Waals surface area contributed by atoms with Gasteiger partial charge in [-0.15, -0.1) is 0 Å². The van der Waals surface area contributed by atoms with E-state index < -0.39 is 5.82 Å². The molecule has 4 heterocycles. The van der Waals surface area contributed by atoms with Crippen LogP contribution in [0.3, 0.4) is 0 Å². The summed E-state index contributed by atoms with van der Waals surface area (Å²) in [4.78, 5) is 13.1. The highest BCUT2D eigenvalue weighted by atomic mass is 19.1. The van der Waals surface area contributed by atoms with E-state index in [4.69, 9.17) is 9.84 Å². The summed E-state index contributed by atoms with van der Waals surface area (Å²) in [5, 5.41) is 11.5. The van der Waals surface area contributed by atoms with Crippen molar-refractivity contribution in [2.24, 2.45) is 5.92 Å². The van der Waals surface area contributed by atoms with E-state index in [-0.39, 0.29) is 17.2 Å². The Labute approximate surface area is 173 Å². The van der Waals surface area contributed by atoms with Crippen LogP contribution in [0.25, 0.3) is 17.0 Å². The lowest BCUT2D eigenvalue weighted by atomic mass is 9.43. The van der Waals surface area contributed by atoms with Gasteiger partial charge in [-0.05, 0) is 44.6 Å². The number of rotatable bonds is 5. The van der Waals surface area contributed by atoms with Crippen molar-refractivity contribution in [3.63, 3.8) is 0 Å². The van der Waals surface area contributed by atoms with Crippen LogP contribution in [0.5, 0.6) is 5.75 Å². The summed E-state index contributed by atoms with van der Waals surface area (Å²) in [6, 6.07) is 2.12. The Morgan fingerprint density at radius 3 is 2.83 bits per heavy atom. The Hall–Kier alpha value is -2.81. The van der Waals surface area contributed by atoms with Crippen molar-refractivity contribution in [2.45, 2.75) is 43.6 Å². The second-order valence-corrected chi connectivity index (χ2v) is 8.81. The van der Waals surface area contributed by atoms with Crippen molar-refractivity contribution in [1.29, 1.82) is 0 Å². The van der Waals surface area contributed by atoms with Crippen LogP contribution >= 0.6 is 0 Å². The van der Waals surface area contributed by atoms with E-state index >= 15 is 0 Å². The number of hydrogen-bond donors (Lipinski definition) is 2. The van der Waals surface area contributed by atoms with Crippen LogP contribution in [0.2, 0.25) is 0 Å². The Morgan fingerprint density at radius 2 is 2.13 bits per heavy atom. The Kier molecular flexibility index (Phi) is 3.96. The molecule has 8 nitrogen and oxygen atoms in total. The molecule has 2 N–H and O–H groups in total. The van der Waals surface area contributed by atoms with Gasteiger partial charge in [0.15, 0.2) is 11.5 Å². The minimum atomic E-state index is -0.492. The first-order valence-electron chi connectivity index (χ1n) is 10.6. The zero-order chi connectivity index (χ0) is 20.3. The monoisotopic (exact) mass is 409 g/mol. The maximum Gasteiger partial charge on any atom is 0.223 e. The lowest BCUT2D eigenvalue weighted by Gasteiger charge is -2.61. The molecule has 30 heavy (non-hydrogen) atoms.